The largest absolute Gasteiger partial charge is 0.389 e. The number of benzene rings is 1. The molecular formula is C13H15FN2O2. The Morgan fingerprint density at radius 3 is 2.94 bits per heavy atom. The van der Waals surface area contributed by atoms with E-state index in [1.807, 2.05) is 6.07 Å². The highest BCUT2D eigenvalue weighted by molar-refractivity contribution is 5.80. The molecule has 0 bridgehead atoms. The van der Waals surface area contributed by atoms with Gasteiger partial charge in [-0.3, -0.25) is 0 Å². The van der Waals surface area contributed by atoms with Crippen LogP contribution < -0.4 is 5.32 Å². The van der Waals surface area contributed by atoms with E-state index in [9.17, 15) is 9.50 Å². The van der Waals surface area contributed by atoms with Gasteiger partial charge in [-0.25, -0.2) is 9.37 Å². The maximum absolute atomic E-state index is 13.1. The number of methoxy groups -OCH3 is 1. The Kier molecular flexibility index (Phi) is 4.07. The number of hydrogen-bond acceptors (Lipinski definition) is 4. The zero-order valence-electron chi connectivity index (χ0n) is 10.1. The van der Waals surface area contributed by atoms with Crippen LogP contribution in [0.25, 0.3) is 10.9 Å². The van der Waals surface area contributed by atoms with Crippen molar-refractivity contribution < 1.29 is 14.2 Å². The second kappa shape index (κ2) is 5.75. The van der Waals surface area contributed by atoms with Gasteiger partial charge in [-0.05, 0) is 24.3 Å². The number of hydrogen-bond donors (Lipinski definition) is 2. The van der Waals surface area contributed by atoms with Gasteiger partial charge in [-0.1, -0.05) is 0 Å². The van der Waals surface area contributed by atoms with Gasteiger partial charge in [-0.2, -0.15) is 0 Å². The number of pyridine rings is 1. The number of aliphatic hydroxyl groups is 1. The molecule has 4 nitrogen and oxygen atoms in total. The molecule has 2 aromatic rings. The number of nitrogens with one attached hydrogen (secondary N) is 1. The van der Waals surface area contributed by atoms with Crippen LogP contribution in [0.3, 0.4) is 0 Å². The van der Waals surface area contributed by atoms with Crippen molar-refractivity contribution in [3.8, 4) is 0 Å². The van der Waals surface area contributed by atoms with Gasteiger partial charge in [-0.15, -0.1) is 0 Å². The van der Waals surface area contributed by atoms with Gasteiger partial charge in [0.25, 0.3) is 0 Å². The maximum Gasteiger partial charge on any atom is 0.126 e. The predicted octanol–water partition coefficient (Wildman–Crippen LogP) is 1.79. The summed E-state index contributed by atoms with van der Waals surface area (Å²) in [6.45, 7) is 0.594. The Morgan fingerprint density at radius 1 is 1.39 bits per heavy atom. The molecule has 0 aliphatic heterocycles. The normalized spacial score (nSPS) is 12.6. The summed E-state index contributed by atoms with van der Waals surface area (Å²) < 4.78 is 17.9. The zero-order valence-corrected chi connectivity index (χ0v) is 10.1. The van der Waals surface area contributed by atoms with Crippen LogP contribution in [-0.2, 0) is 4.74 Å². The topological polar surface area (TPSA) is 54.4 Å². The fraction of sp³-hybridized carbons (Fsp3) is 0.308. The van der Waals surface area contributed by atoms with Crippen LogP contribution >= 0.6 is 0 Å². The number of anilines is 1. The van der Waals surface area contributed by atoms with Crippen LogP contribution in [-0.4, -0.2) is 36.5 Å². The van der Waals surface area contributed by atoms with E-state index < -0.39 is 6.10 Å². The van der Waals surface area contributed by atoms with Crippen molar-refractivity contribution in [1.29, 1.82) is 0 Å². The molecule has 0 saturated heterocycles. The number of ether oxygens (including phenoxy) is 1. The Bertz CT molecular complexity index is 533. The molecule has 5 heteroatoms. The van der Waals surface area contributed by atoms with Crippen molar-refractivity contribution >= 4 is 16.7 Å². The Morgan fingerprint density at radius 2 is 2.17 bits per heavy atom. The van der Waals surface area contributed by atoms with Gasteiger partial charge >= 0.3 is 0 Å². The van der Waals surface area contributed by atoms with Crippen LogP contribution in [0.15, 0.2) is 30.3 Å². The van der Waals surface area contributed by atoms with Gasteiger partial charge in [0.2, 0.25) is 0 Å². The fourth-order valence-corrected chi connectivity index (χ4v) is 1.66. The summed E-state index contributed by atoms with van der Waals surface area (Å²) in [4.78, 5) is 4.27. The van der Waals surface area contributed by atoms with E-state index in [1.54, 1.807) is 12.1 Å². The number of fused-ring (bicyclic) bond motifs is 1. The second-order valence-electron chi connectivity index (χ2n) is 4.02. The minimum Gasteiger partial charge on any atom is -0.389 e. The first-order chi connectivity index (χ1) is 8.69. The first-order valence-corrected chi connectivity index (χ1v) is 5.66. The molecule has 0 radical (unpaired) electrons. The minimum atomic E-state index is -0.597. The first kappa shape index (κ1) is 12.7. The summed E-state index contributed by atoms with van der Waals surface area (Å²) in [5.41, 5.74) is 0.584. The van der Waals surface area contributed by atoms with E-state index in [1.165, 1.54) is 19.2 Å². The summed E-state index contributed by atoms with van der Waals surface area (Å²) in [6, 6.07) is 8.11. The van der Waals surface area contributed by atoms with Crippen LogP contribution in [0, 0.1) is 5.82 Å². The van der Waals surface area contributed by atoms with E-state index in [-0.39, 0.29) is 12.4 Å². The summed E-state index contributed by atoms with van der Waals surface area (Å²) in [5, 5.41) is 13.3. The molecule has 1 atom stereocenters. The third-order valence-electron chi connectivity index (χ3n) is 2.53. The highest BCUT2D eigenvalue weighted by atomic mass is 19.1. The standard InChI is InChI=1S/C13H15FN2O2/c1-18-8-11(17)7-15-13-5-3-9-2-4-10(14)6-12(9)16-13/h2-6,11,17H,7-8H2,1H3,(H,15,16)/t11-/m0/s1. The molecule has 1 aromatic carbocycles. The van der Waals surface area contributed by atoms with Gasteiger partial charge in [0.15, 0.2) is 0 Å². The number of halogens is 1. The lowest BCUT2D eigenvalue weighted by atomic mass is 10.2. The van der Waals surface area contributed by atoms with Gasteiger partial charge in [0.05, 0.1) is 18.2 Å². The molecule has 1 aromatic heterocycles. The van der Waals surface area contributed by atoms with E-state index in [0.29, 0.717) is 17.9 Å². The van der Waals surface area contributed by atoms with Gasteiger partial charge in [0.1, 0.15) is 11.6 Å². The molecule has 0 aliphatic rings. The molecule has 96 valence electrons. The highest BCUT2D eigenvalue weighted by Crippen LogP contribution is 2.16. The molecule has 0 aliphatic carbocycles. The molecule has 1 heterocycles. The maximum atomic E-state index is 13.1. The lowest BCUT2D eigenvalue weighted by Gasteiger charge is -2.11. The van der Waals surface area contributed by atoms with Crippen LogP contribution in [0.1, 0.15) is 0 Å². The number of aliphatic hydroxyl groups excluding tert-OH is 1. The second-order valence-corrected chi connectivity index (χ2v) is 4.02. The SMILES string of the molecule is COC[C@@H](O)CNc1ccc2ccc(F)cc2n1. The van der Waals surface area contributed by atoms with Crippen molar-refractivity contribution in [3.05, 3.63) is 36.1 Å². The van der Waals surface area contributed by atoms with Crippen molar-refractivity contribution in [3.63, 3.8) is 0 Å². The molecule has 0 spiro atoms. The smallest absolute Gasteiger partial charge is 0.126 e. The zero-order chi connectivity index (χ0) is 13.0. The number of nitrogens with zero attached hydrogens (tertiary/aromatic N) is 1. The lowest BCUT2D eigenvalue weighted by Crippen LogP contribution is -2.24. The highest BCUT2D eigenvalue weighted by Gasteiger charge is 2.04. The molecular weight excluding hydrogens is 235 g/mol. The third kappa shape index (κ3) is 3.15. The van der Waals surface area contributed by atoms with Crippen LogP contribution in [0.5, 0.6) is 0 Å². The lowest BCUT2D eigenvalue weighted by molar-refractivity contribution is 0.0727. The third-order valence-corrected chi connectivity index (χ3v) is 2.53. The van der Waals surface area contributed by atoms with Crippen molar-refractivity contribution in [2.75, 3.05) is 25.6 Å². The van der Waals surface area contributed by atoms with Crippen LogP contribution in [0.4, 0.5) is 10.2 Å². The van der Waals surface area contributed by atoms with E-state index >= 15 is 0 Å². The Labute approximate surface area is 104 Å². The fourth-order valence-electron chi connectivity index (χ4n) is 1.66. The first-order valence-electron chi connectivity index (χ1n) is 5.66. The summed E-state index contributed by atoms with van der Waals surface area (Å²) >= 11 is 0. The predicted molar refractivity (Wildman–Crippen MR) is 68.1 cm³/mol. The summed E-state index contributed by atoms with van der Waals surface area (Å²) in [7, 11) is 1.53. The van der Waals surface area contributed by atoms with Crippen molar-refractivity contribution in [2.45, 2.75) is 6.10 Å². The van der Waals surface area contributed by atoms with Gasteiger partial charge < -0.3 is 15.2 Å². The van der Waals surface area contributed by atoms with Crippen LogP contribution in [0.2, 0.25) is 0 Å². The summed E-state index contributed by atoms with van der Waals surface area (Å²) in [5.74, 6) is 0.287. The number of aromatic nitrogens is 1. The molecule has 0 amide bonds. The molecule has 0 fully saturated rings. The summed E-state index contributed by atoms with van der Waals surface area (Å²) in [6.07, 6.45) is -0.597. The van der Waals surface area contributed by atoms with Gasteiger partial charge in [0, 0.05) is 25.1 Å². The minimum absolute atomic E-state index is 0.259. The monoisotopic (exact) mass is 250 g/mol. The van der Waals surface area contributed by atoms with E-state index in [2.05, 4.69) is 10.3 Å². The van der Waals surface area contributed by atoms with E-state index in [4.69, 9.17) is 4.74 Å². The van der Waals surface area contributed by atoms with Crippen molar-refractivity contribution in [1.82, 2.24) is 4.98 Å². The average Bonchev–Trinajstić information content (AvgIpc) is 2.36. The quantitative estimate of drug-likeness (QED) is 0.849. The molecule has 18 heavy (non-hydrogen) atoms. The van der Waals surface area contributed by atoms with Crippen molar-refractivity contribution in [2.24, 2.45) is 0 Å². The van der Waals surface area contributed by atoms with E-state index in [0.717, 1.165) is 5.39 Å². The Hall–Kier alpha value is -1.72. The molecule has 0 unspecified atom stereocenters. The molecule has 2 rings (SSSR count). The Balaban J connectivity index is 2.09. The number of rotatable bonds is 5. The average molecular weight is 250 g/mol. The molecule has 2 N–H and O–H groups in total. The molecule has 0 saturated carbocycles.